The highest BCUT2D eigenvalue weighted by molar-refractivity contribution is 6.01. The largest absolute Gasteiger partial charge is 0.422 e. The Morgan fingerprint density at radius 1 is 0.708 bits per heavy atom. The van der Waals surface area contributed by atoms with Crippen molar-refractivity contribution in [1.82, 2.24) is 19.3 Å². The lowest BCUT2D eigenvalue weighted by Gasteiger charge is -2.51. The van der Waals surface area contributed by atoms with Crippen LogP contribution in [0.15, 0.2) is 96.9 Å². The summed E-state index contributed by atoms with van der Waals surface area (Å²) in [5.41, 5.74) is 28.6. The molecule has 21 nitrogen and oxygen atoms in total. The second-order valence-corrected chi connectivity index (χ2v) is 24.1. The van der Waals surface area contributed by atoms with Crippen molar-refractivity contribution in [3.63, 3.8) is 0 Å². The average Bonchev–Trinajstić information content (AvgIpc) is 0.775. The first kappa shape index (κ1) is 69.1. The topological polar surface area (TPSA) is 314 Å². The molecule has 1 aliphatic heterocycles. The zero-order valence-electron chi connectivity index (χ0n) is 52.8. The fraction of sp³-hybridized carbons (Fsp3) is 0.544. The number of aromatic nitrogens is 1. The number of hydrogen-bond donors (Lipinski definition) is 6. The fourth-order valence-electron chi connectivity index (χ4n) is 12.7. The third kappa shape index (κ3) is 17.7. The Morgan fingerprint density at radius 2 is 1.25 bits per heavy atom. The number of rotatable bonds is 36. The van der Waals surface area contributed by atoms with E-state index in [2.05, 4.69) is 33.8 Å². The number of benzene rings is 3. The average molecular weight is 1230 g/mol. The first-order valence-corrected chi connectivity index (χ1v) is 32.2. The van der Waals surface area contributed by atoms with Crippen molar-refractivity contribution in [2.24, 2.45) is 35.0 Å². The molecule has 3 aromatic carbocycles. The highest BCUT2D eigenvalue weighted by Gasteiger charge is 2.53. The Morgan fingerprint density at radius 3 is 1.81 bits per heavy atom. The molecule has 8 rings (SSSR count). The maximum atomic E-state index is 14.7. The Balaban J connectivity index is 1.11. The fourth-order valence-corrected chi connectivity index (χ4v) is 12.7. The van der Waals surface area contributed by atoms with Crippen molar-refractivity contribution < 1.29 is 37.9 Å². The lowest BCUT2D eigenvalue weighted by Crippen LogP contribution is -2.47. The lowest BCUT2D eigenvalue weighted by atomic mass is 9.51. The number of allylic oxidation sites excluding steroid dienone is 4. The molecule has 10 N–H and O–H groups in total. The summed E-state index contributed by atoms with van der Waals surface area (Å²) in [7, 11) is 4.77. The number of aliphatic imine (C=N–C) groups is 1. The maximum Gasteiger partial charge on any atom is 0.422 e. The van der Waals surface area contributed by atoms with Gasteiger partial charge in [0, 0.05) is 107 Å². The van der Waals surface area contributed by atoms with Gasteiger partial charge in [0.05, 0.1) is 24.1 Å². The summed E-state index contributed by atoms with van der Waals surface area (Å²) in [6, 6.07) is 15.0. The third-order valence-electron chi connectivity index (χ3n) is 17.6. The summed E-state index contributed by atoms with van der Waals surface area (Å²) in [5.74, 6) is -2.61. The predicted molar refractivity (Wildman–Crippen MR) is 349 cm³/mol. The van der Waals surface area contributed by atoms with Gasteiger partial charge in [0.2, 0.25) is 29.5 Å². The van der Waals surface area contributed by atoms with E-state index < -0.39 is 34.8 Å². The van der Waals surface area contributed by atoms with Crippen LogP contribution in [0.5, 0.6) is 0 Å². The second-order valence-electron chi connectivity index (χ2n) is 24.1. The number of amides is 6. The van der Waals surface area contributed by atoms with Crippen LogP contribution in [0.2, 0.25) is 0 Å². The van der Waals surface area contributed by atoms with Gasteiger partial charge in [0.25, 0.3) is 5.91 Å². The number of fused-ring (bicyclic) bond motifs is 1. The first-order valence-electron chi connectivity index (χ1n) is 32.2. The van der Waals surface area contributed by atoms with Gasteiger partial charge in [-0.15, -0.1) is 0 Å². The summed E-state index contributed by atoms with van der Waals surface area (Å²) >= 11 is 0. The number of likely N-dealkylation sites (N-methyl/N-ethyl adjacent to an activating group) is 2. The van der Waals surface area contributed by atoms with Gasteiger partial charge < -0.3 is 57.4 Å². The molecular weight excluding hydrogens is 1130 g/mol. The van der Waals surface area contributed by atoms with Crippen LogP contribution in [0, 0.1) is 0 Å². The molecule has 0 radical (unpaired) electrons. The molecular formula is C68H95N11O10. The molecule has 2 bridgehead atoms. The summed E-state index contributed by atoms with van der Waals surface area (Å²) in [6.07, 6.45) is 21.0. The number of anilines is 2. The number of nitrogens with two attached hydrogens (primary N) is 4. The van der Waals surface area contributed by atoms with E-state index in [9.17, 15) is 38.4 Å². The molecule has 89 heavy (non-hydrogen) atoms. The summed E-state index contributed by atoms with van der Waals surface area (Å²) < 4.78 is 12.0. The Bertz CT molecular complexity index is 3270. The van der Waals surface area contributed by atoms with Gasteiger partial charge in [-0.3, -0.25) is 33.3 Å². The number of likely N-dealkylation sites (tertiary alicyclic amines) is 1. The summed E-state index contributed by atoms with van der Waals surface area (Å²) in [4.78, 5) is 118. The molecule has 3 aliphatic carbocycles. The number of ether oxygens (including phenoxy) is 1. The van der Waals surface area contributed by atoms with Gasteiger partial charge in [-0.1, -0.05) is 82.1 Å². The molecule has 0 spiro atoms. The normalized spacial score (nSPS) is 17.6. The van der Waals surface area contributed by atoms with E-state index in [0.717, 1.165) is 128 Å². The second kappa shape index (κ2) is 34.0. The molecule has 0 saturated carbocycles. The molecule has 1 aromatic heterocycles. The van der Waals surface area contributed by atoms with E-state index in [-0.39, 0.29) is 110 Å². The van der Waals surface area contributed by atoms with Crippen molar-refractivity contribution >= 4 is 63.9 Å². The number of aryl methyl sites for hydroxylation is 1. The standard InChI is InChI=1S/C68H95N11O10/c1-5-21-50-56(44-73-59(80)22-15-9-6-12-18-33-69)68(32-31-62(83)76(2)36-38-88-39-37-77(3)65(85)58-41-47(72)45-79(58)64(84)46-25-28-53-57(40-46)78(4)67(87)89-66(53)86)54-42-48(74-60(81)23-16-10-7-13-19-34-70)26-29-51(54)63(50)52-30-27-49(43-55(52)68)75-61(82)24-17-11-8-14-20-35-71/h5,21,25-30,40,42-44,47,58,63H,6-20,22-24,31-39,41,45,69-72H2,1-4H3,(H,74,81)(H,75,82)/b21-5-,73-44+/t47-,58-,63?,68?/m0/s1. The smallest absolute Gasteiger partial charge is 0.378 e. The Kier molecular flexibility index (Phi) is 26.3. The highest BCUT2D eigenvalue weighted by atomic mass is 16.5. The van der Waals surface area contributed by atoms with E-state index in [0.29, 0.717) is 50.3 Å². The monoisotopic (exact) mass is 1230 g/mol. The van der Waals surface area contributed by atoms with Gasteiger partial charge >= 0.3 is 11.4 Å². The molecule has 2 atom stereocenters. The number of unbranched alkanes of at least 4 members (excludes halogenated alkanes) is 12. The minimum atomic E-state index is -1.10. The molecule has 4 aromatic rings. The van der Waals surface area contributed by atoms with Crippen molar-refractivity contribution in [1.29, 1.82) is 0 Å². The van der Waals surface area contributed by atoms with Gasteiger partial charge in [-0.05, 0) is 154 Å². The number of carbonyl (C=O) groups is 6. The summed E-state index contributed by atoms with van der Waals surface area (Å²) in [6.45, 7) is 4.68. The van der Waals surface area contributed by atoms with E-state index >= 15 is 0 Å². The van der Waals surface area contributed by atoms with E-state index in [1.807, 2.05) is 37.3 Å². The zero-order chi connectivity index (χ0) is 64.0. The van der Waals surface area contributed by atoms with Gasteiger partial charge in [0.1, 0.15) is 6.04 Å². The van der Waals surface area contributed by atoms with E-state index in [1.165, 1.54) is 35.0 Å². The van der Waals surface area contributed by atoms with Crippen LogP contribution in [0.1, 0.15) is 180 Å². The van der Waals surface area contributed by atoms with Crippen molar-refractivity contribution in [2.75, 3.05) is 77.2 Å². The predicted octanol–water partition coefficient (Wildman–Crippen LogP) is 7.44. The van der Waals surface area contributed by atoms with Crippen LogP contribution in [0.25, 0.3) is 10.9 Å². The number of nitrogens with one attached hydrogen (secondary N) is 2. The molecule has 2 heterocycles. The summed E-state index contributed by atoms with van der Waals surface area (Å²) in [5, 5.41) is 6.49. The molecule has 4 aliphatic rings. The van der Waals surface area contributed by atoms with Crippen molar-refractivity contribution in [3.8, 4) is 0 Å². The molecule has 1 fully saturated rings. The number of hydrogen-bond acceptors (Lipinski definition) is 14. The highest BCUT2D eigenvalue weighted by Crippen LogP contribution is 2.61. The van der Waals surface area contributed by atoms with Crippen LogP contribution < -0.4 is 44.9 Å². The van der Waals surface area contributed by atoms with E-state index in [1.54, 1.807) is 25.2 Å². The van der Waals surface area contributed by atoms with Gasteiger partial charge in [-0.2, -0.15) is 0 Å². The Labute approximate surface area is 523 Å². The Hall–Kier alpha value is -7.43. The lowest BCUT2D eigenvalue weighted by molar-refractivity contribution is -0.134. The van der Waals surface area contributed by atoms with Gasteiger partial charge in [0.15, 0.2) is 0 Å². The van der Waals surface area contributed by atoms with Crippen LogP contribution in [-0.4, -0.2) is 140 Å². The SMILES string of the molecule is C/C=C\C1=C(/C=N/C(=O)CCCCCCCN)C2(CCC(=O)N(C)CCOCCN(C)C(=O)[C@@H]3C[C@H](N)CN3C(=O)c3ccc4c(=O)oc(=O)n(C)c4c3)c3cc(NC(=O)CCCCCCCN)ccc3C1c1ccc(NC(=O)CCCCCCCN)cc12. The molecule has 0 unspecified atom stereocenters. The van der Waals surface area contributed by atoms with Crippen LogP contribution in [-0.2, 0) is 41.2 Å². The van der Waals surface area contributed by atoms with Crippen LogP contribution in [0.4, 0.5) is 11.4 Å². The third-order valence-corrected chi connectivity index (χ3v) is 17.6. The quantitative estimate of drug-likeness (QED) is 0.0191. The molecule has 21 heteroatoms. The maximum absolute atomic E-state index is 14.7. The minimum absolute atomic E-state index is 0.0432. The van der Waals surface area contributed by atoms with Crippen LogP contribution in [0.3, 0.4) is 0 Å². The van der Waals surface area contributed by atoms with Crippen molar-refractivity contribution in [2.45, 2.75) is 165 Å². The first-order chi connectivity index (χ1) is 43.0. The number of nitrogens with zero attached hydrogens (tertiary/aromatic N) is 5. The molecule has 1 saturated heterocycles. The zero-order valence-corrected chi connectivity index (χ0v) is 52.8. The van der Waals surface area contributed by atoms with Crippen molar-refractivity contribution in [3.05, 3.63) is 127 Å². The number of carbonyl (C=O) groups excluding carboxylic acids is 6. The van der Waals surface area contributed by atoms with Gasteiger partial charge in [-0.25, -0.2) is 14.6 Å². The van der Waals surface area contributed by atoms with Crippen LogP contribution >= 0.6 is 0 Å². The molecule has 6 amide bonds. The minimum Gasteiger partial charge on any atom is -0.378 e. The van der Waals surface area contributed by atoms with E-state index in [4.69, 9.17) is 32.1 Å². The molecule has 482 valence electrons.